The molecule has 0 aliphatic heterocycles. The molecule has 0 saturated carbocycles. The predicted molar refractivity (Wildman–Crippen MR) is 99.4 cm³/mol. The zero-order valence-corrected chi connectivity index (χ0v) is 26.3. The Morgan fingerprint density at radius 2 is 1.37 bits per heavy atom. The van der Waals surface area contributed by atoms with Crippen molar-refractivity contribution in [2.45, 2.75) is 53.4 Å². The maximum atomic E-state index is 11.7. The average Bonchev–Trinajstić information content (AvgIpc) is 2.51. The second kappa shape index (κ2) is 20.9. The average molecular weight is 467 g/mol. The van der Waals surface area contributed by atoms with Gasteiger partial charge in [0.1, 0.15) is 0 Å². The Bertz CT molecular complexity index is 655. The normalized spacial score (nSPS) is 12.5. The third-order valence-electron chi connectivity index (χ3n) is 3.86. The molecule has 0 rings (SSSR count). The molecule has 7 nitrogen and oxygen atoms in total. The first-order valence-corrected chi connectivity index (χ1v) is 10.6. The fourth-order valence-corrected chi connectivity index (χ4v) is 3.04. The van der Waals surface area contributed by atoms with Crippen molar-refractivity contribution in [3.63, 3.8) is 0 Å². The Morgan fingerprint density at radius 3 is 1.80 bits per heavy atom. The smallest absolute Gasteiger partial charge is 0.811 e. The maximum absolute atomic E-state index is 11.7. The van der Waals surface area contributed by atoms with E-state index in [1.807, 2.05) is 6.92 Å². The molecule has 1 unspecified atom stereocenters. The fraction of sp³-hybridized carbons (Fsp3) is 0.579. The van der Waals surface area contributed by atoms with Gasteiger partial charge in [0.25, 0.3) is 0 Å². The molecule has 0 radical (unpaired) electrons. The first-order valence-electron chi connectivity index (χ1n) is 8.86. The number of allylic oxidation sites excluding steroid dienone is 5. The van der Waals surface area contributed by atoms with Gasteiger partial charge in [0.15, 0.2) is 0 Å². The van der Waals surface area contributed by atoms with Crippen LogP contribution in [0.5, 0.6) is 0 Å². The van der Waals surface area contributed by atoms with Gasteiger partial charge in [-0.05, 0) is 59.5 Å². The molecule has 1 amide bonds. The Hall–Kier alpha value is 1.31. The van der Waals surface area contributed by atoms with E-state index in [9.17, 15) is 29.0 Å². The van der Waals surface area contributed by atoms with Crippen LogP contribution >= 0.6 is 7.60 Å². The second-order valence-electron chi connectivity index (χ2n) is 6.87. The molecule has 0 aromatic rings. The molecule has 0 aliphatic carbocycles. The van der Waals surface area contributed by atoms with E-state index in [-0.39, 0.29) is 95.2 Å². The summed E-state index contributed by atoms with van der Waals surface area (Å²) in [5, 5.41) is 13.1. The number of hydrogen-bond acceptors (Lipinski definition) is 6. The van der Waals surface area contributed by atoms with E-state index in [2.05, 4.69) is 38.2 Å². The van der Waals surface area contributed by atoms with E-state index in [0.717, 1.165) is 31.3 Å². The van der Waals surface area contributed by atoms with Gasteiger partial charge in [-0.1, -0.05) is 42.5 Å². The second-order valence-corrected chi connectivity index (χ2v) is 8.46. The summed E-state index contributed by atoms with van der Waals surface area (Å²) < 4.78 is 10.7. The van der Waals surface area contributed by atoms with Crippen LogP contribution in [0, 0.1) is 5.92 Å². The van der Waals surface area contributed by atoms with Crippen molar-refractivity contribution in [1.29, 1.82) is 0 Å². The first-order chi connectivity index (χ1) is 12.4. The van der Waals surface area contributed by atoms with Gasteiger partial charge in [-0.2, -0.15) is 0 Å². The summed E-state index contributed by atoms with van der Waals surface area (Å²) in [7, 11) is -5.13. The molecule has 30 heavy (non-hydrogen) atoms. The Morgan fingerprint density at radius 1 is 0.900 bits per heavy atom. The summed E-state index contributed by atoms with van der Waals surface area (Å²) in [6.07, 6.45) is 8.47. The molecule has 0 saturated heterocycles. The molecule has 0 bridgehead atoms. The number of aliphatic carboxylic acids is 1. The quantitative estimate of drug-likeness (QED) is 0.131. The Balaban J connectivity index is -0.00000113. The maximum Gasteiger partial charge on any atom is 1.00 e. The van der Waals surface area contributed by atoms with Crippen molar-refractivity contribution in [2.75, 3.05) is 12.7 Å². The number of carbonyl (C=O) groups excluding carboxylic acids is 2. The summed E-state index contributed by atoms with van der Waals surface area (Å²) in [5.74, 6) is -4.92. The minimum atomic E-state index is -5.13. The third-order valence-corrected chi connectivity index (χ3v) is 4.67. The molecular weight excluding hydrogens is 438 g/mol. The van der Waals surface area contributed by atoms with E-state index in [0.29, 0.717) is 0 Å². The summed E-state index contributed by atoms with van der Waals surface area (Å²) in [4.78, 5) is 43.9. The van der Waals surface area contributed by atoms with Crippen LogP contribution in [0.25, 0.3) is 0 Å². The summed E-state index contributed by atoms with van der Waals surface area (Å²) in [5.41, 5.74) is 3.62. The van der Waals surface area contributed by atoms with Gasteiger partial charge in [0.05, 0.1) is 11.9 Å². The number of carboxylic acid groups (broad SMARTS) is 1. The molecular formula is C19H29NNa3O6P. The van der Waals surface area contributed by atoms with Gasteiger partial charge in [0, 0.05) is 6.54 Å². The number of nitrogens with one attached hydrogen (secondary N) is 1. The molecule has 0 aliphatic rings. The molecule has 154 valence electrons. The topological polar surface area (TPSA) is 132 Å². The molecule has 0 fully saturated rings. The van der Waals surface area contributed by atoms with Crippen molar-refractivity contribution in [1.82, 2.24) is 5.32 Å². The molecule has 1 atom stereocenters. The van der Waals surface area contributed by atoms with Crippen LogP contribution in [-0.4, -0.2) is 24.6 Å². The van der Waals surface area contributed by atoms with Gasteiger partial charge in [-0.3, -0.25) is 4.79 Å². The van der Waals surface area contributed by atoms with Crippen molar-refractivity contribution in [3.8, 4) is 0 Å². The number of hydrogen-bond donors (Lipinski definition) is 1. The summed E-state index contributed by atoms with van der Waals surface area (Å²) >= 11 is 0. The summed E-state index contributed by atoms with van der Waals surface area (Å²) in [6.45, 7) is 8.17. The number of rotatable bonds is 12. The molecule has 0 aromatic heterocycles. The molecule has 0 aromatic carbocycles. The van der Waals surface area contributed by atoms with Gasteiger partial charge in [-0.15, -0.1) is 0 Å². The Labute approximate surface area is 246 Å². The van der Waals surface area contributed by atoms with Crippen molar-refractivity contribution in [2.24, 2.45) is 5.92 Å². The van der Waals surface area contributed by atoms with Gasteiger partial charge >= 0.3 is 88.7 Å². The molecule has 0 heterocycles. The zero-order valence-electron chi connectivity index (χ0n) is 19.4. The predicted octanol–water partition coefficient (Wildman–Crippen LogP) is -8.19. The monoisotopic (exact) mass is 467 g/mol. The van der Waals surface area contributed by atoms with E-state index >= 15 is 0 Å². The summed E-state index contributed by atoms with van der Waals surface area (Å²) in [6, 6.07) is 0. The van der Waals surface area contributed by atoms with Gasteiger partial charge in [-0.25, -0.2) is 0 Å². The number of carbonyl (C=O) groups is 2. The first kappa shape index (κ1) is 38.6. The number of amides is 1. The van der Waals surface area contributed by atoms with E-state index in [1.165, 1.54) is 11.1 Å². The molecule has 0 spiro atoms. The Kier molecular flexibility index (Phi) is 26.8. The van der Waals surface area contributed by atoms with Crippen molar-refractivity contribution < 1.29 is 118 Å². The molecule has 1 N–H and O–H groups in total. The van der Waals surface area contributed by atoms with Crippen LogP contribution in [0.4, 0.5) is 0 Å². The van der Waals surface area contributed by atoms with Gasteiger partial charge < -0.3 is 29.6 Å². The third kappa shape index (κ3) is 22.5. The van der Waals surface area contributed by atoms with Crippen LogP contribution < -0.4 is 109 Å². The van der Waals surface area contributed by atoms with Crippen LogP contribution in [0.2, 0.25) is 0 Å². The SMILES string of the molecule is CC(C)=CCCC(C)=CCCC(C)=CCNC(=O)C(CP(=O)([O-])[O-])C(=O)[O-].[Na+].[Na+].[Na+]. The van der Waals surface area contributed by atoms with Gasteiger partial charge in [0.2, 0.25) is 5.91 Å². The van der Waals surface area contributed by atoms with Crippen molar-refractivity contribution in [3.05, 3.63) is 34.9 Å². The van der Waals surface area contributed by atoms with E-state index in [1.54, 1.807) is 6.08 Å². The van der Waals surface area contributed by atoms with Crippen LogP contribution in [0.3, 0.4) is 0 Å². The van der Waals surface area contributed by atoms with Crippen LogP contribution in [0.1, 0.15) is 53.4 Å². The zero-order chi connectivity index (χ0) is 21.0. The van der Waals surface area contributed by atoms with Crippen LogP contribution in [-0.2, 0) is 14.2 Å². The van der Waals surface area contributed by atoms with E-state index < -0.39 is 31.6 Å². The minimum absolute atomic E-state index is 0. The minimum Gasteiger partial charge on any atom is -0.811 e. The van der Waals surface area contributed by atoms with Crippen LogP contribution in [0.15, 0.2) is 34.9 Å². The largest absolute Gasteiger partial charge is 1.00 e. The standard InChI is InChI=1S/C19H32NO6P.3Na/c1-14(2)7-5-8-15(3)9-6-10-16(4)11-12-20-18(21)17(19(22)23)13-27(24,25)26;;;/h7,9,11,17H,5-6,8,10,12-13H2,1-4H3,(H,20,21)(H,22,23)(H2,24,25,26);;;/q;3*+1/p-3. The van der Waals surface area contributed by atoms with Crippen molar-refractivity contribution >= 4 is 19.5 Å². The fourth-order valence-electron chi connectivity index (χ4n) is 2.28. The van der Waals surface area contributed by atoms with E-state index in [4.69, 9.17) is 0 Å². The molecule has 11 heteroatoms. The number of carboxylic acids is 1.